The van der Waals surface area contributed by atoms with Crippen LogP contribution < -0.4 is 5.32 Å². The first-order valence-corrected chi connectivity index (χ1v) is 6.47. The smallest absolute Gasteiger partial charge is 0.328 e. The van der Waals surface area contributed by atoms with E-state index in [0.29, 0.717) is 4.88 Å². The second-order valence-corrected chi connectivity index (χ2v) is 6.21. The minimum atomic E-state index is -0.681. The van der Waals surface area contributed by atoms with Crippen LogP contribution in [0.15, 0.2) is 6.20 Å². The monoisotopic (exact) mass is 270 g/mol. The van der Waals surface area contributed by atoms with Crippen molar-refractivity contribution >= 4 is 23.2 Å². The summed E-state index contributed by atoms with van der Waals surface area (Å²) < 4.78 is 5.18. The first kappa shape index (κ1) is 14.6. The van der Waals surface area contributed by atoms with Gasteiger partial charge in [0.1, 0.15) is 16.5 Å². The van der Waals surface area contributed by atoms with Gasteiger partial charge in [-0.05, 0) is 34.6 Å². The zero-order chi connectivity index (χ0) is 13.9. The van der Waals surface area contributed by atoms with Gasteiger partial charge in [-0.3, -0.25) is 4.79 Å². The molecule has 1 heterocycles. The number of aromatic nitrogens is 1. The molecule has 0 saturated heterocycles. The Bertz CT molecular complexity index is 448. The minimum absolute atomic E-state index is 0.307. The maximum absolute atomic E-state index is 11.8. The van der Waals surface area contributed by atoms with Gasteiger partial charge < -0.3 is 10.1 Å². The number of ether oxygens (including phenoxy) is 1. The fourth-order valence-electron chi connectivity index (χ4n) is 1.18. The lowest BCUT2D eigenvalue weighted by atomic mass is 10.2. The first-order chi connectivity index (χ1) is 8.19. The highest BCUT2D eigenvalue weighted by Crippen LogP contribution is 2.12. The van der Waals surface area contributed by atoms with Crippen molar-refractivity contribution in [2.75, 3.05) is 0 Å². The fourth-order valence-corrected chi connectivity index (χ4v) is 1.86. The van der Waals surface area contributed by atoms with Gasteiger partial charge >= 0.3 is 5.97 Å². The minimum Gasteiger partial charge on any atom is -0.458 e. The van der Waals surface area contributed by atoms with Crippen molar-refractivity contribution in [3.8, 4) is 0 Å². The van der Waals surface area contributed by atoms with Crippen molar-refractivity contribution in [1.82, 2.24) is 10.3 Å². The van der Waals surface area contributed by atoms with E-state index in [1.165, 1.54) is 17.5 Å². The largest absolute Gasteiger partial charge is 0.458 e. The molecule has 0 radical (unpaired) electrons. The summed E-state index contributed by atoms with van der Waals surface area (Å²) >= 11 is 1.29. The summed E-state index contributed by atoms with van der Waals surface area (Å²) in [4.78, 5) is 28.0. The molecule has 0 aromatic carbocycles. The number of nitrogens with zero attached hydrogens (tertiary/aromatic N) is 1. The summed E-state index contributed by atoms with van der Waals surface area (Å²) in [5.41, 5.74) is -0.558. The van der Waals surface area contributed by atoms with Crippen LogP contribution in [0.5, 0.6) is 0 Å². The highest BCUT2D eigenvalue weighted by atomic mass is 32.1. The summed E-state index contributed by atoms with van der Waals surface area (Å²) in [6.07, 6.45) is 1.50. The van der Waals surface area contributed by atoms with Gasteiger partial charge in [-0.25, -0.2) is 9.78 Å². The molecule has 100 valence electrons. The predicted molar refractivity (Wildman–Crippen MR) is 69.6 cm³/mol. The van der Waals surface area contributed by atoms with E-state index >= 15 is 0 Å². The standard InChI is InChI=1S/C12H18N2O3S/c1-7(11(16)17-12(3,4)5)14-10(15)9-6-13-8(2)18-9/h6-7H,1-5H3,(H,14,15)/t7-/m0/s1. The summed E-state index contributed by atoms with van der Waals surface area (Å²) in [6.45, 7) is 8.77. The number of hydrogen-bond donors (Lipinski definition) is 1. The quantitative estimate of drug-likeness (QED) is 0.852. The molecule has 0 aliphatic carbocycles. The lowest BCUT2D eigenvalue weighted by Gasteiger charge is -2.22. The van der Waals surface area contributed by atoms with Crippen molar-refractivity contribution in [2.24, 2.45) is 0 Å². The van der Waals surface area contributed by atoms with E-state index in [4.69, 9.17) is 4.74 Å². The normalized spacial score (nSPS) is 12.9. The predicted octanol–water partition coefficient (Wildman–Crippen LogP) is 1.91. The number of carbonyl (C=O) groups is 2. The number of amides is 1. The van der Waals surface area contributed by atoms with E-state index in [9.17, 15) is 9.59 Å². The van der Waals surface area contributed by atoms with Crippen molar-refractivity contribution < 1.29 is 14.3 Å². The summed E-state index contributed by atoms with van der Waals surface area (Å²) in [5, 5.41) is 3.40. The Morgan fingerprint density at radius 2 is 2.06 bits per heavy atom. The first-order valence-electron chi connectivity index (χ1n) is 5.65. The maximum atomic E-state index is 11.8. The van der Waals surface area contributed by atoms with Crippen LogP contribution in [-0.2, 0) is 9.53 Å². The molecule has 1 aromatic heterocycles. The van der Waals surface area contributed by atoms with Gasteiger partial charge in [-0.2, -0.15) is 0 Å². The van der Waals surface area contributed by atoms with Crippen LogP contribution in [0.25, 0.3) is 0 Å². The number of nitrogens with one attached hydrogen (secondary N) is 1. The van der Waals surface area contributed by atoms with Gasteiger partial charge in [-0.1, -0.05) is 0 Å². The lowest BCUT2D eigenvalue weighted by Crippen LogP contribution is -2.42. The third-order valence-electron chi connectivity index (χ3n) is 1.95. The fraction of sp³-hybridized carbons (Fsp3) is 0.583. The molecule has 1 amide bonds. The second kappa shape index (κ2) is 5.48. The van der Waals surface area contributed by atoms with E-state index in [-0.39, 0.29) is 5.91 Å². The maximum Gasteiger partial charge on any atom is 0.328 e. The molecule has 5 nitrogen and oxygen atoms in total. The number of aryl methyl sites for hydroxylation is 1. The van der Waals surface area contributed by atoms with Crippen LogP contribution in [0.4, 0.5) is 0 Å². The van der Waals surface area contributed by atoms with Gasteiger partial charge in [0.2, 0.25) is 0 Å². The Morgan fingerprint density at radius 1 is 1.44 bits per heavy atom. The van der Waals surface area contributed by atoms with Crippen LogP contribution in [0.1, 0.15) is 42.4 Å². The van der Waals surface area contributed by atoms with Crippen molar-refractivity contribution in [1.29, 1.82) is 0 Å². The number of carbonyl (C=O) groups excluding carboxylic acids is 2. The lowest BCUT2D eigenvalue weighted by molar-refractivity contribution is -0.156. The topological polar surface area (TPSA) is 68.3 Å². The molecule has 1 aromatic rings. The van der Waals surface area contributed by atoms with Crippen LogP contribution in [0.3, 0.4) is 0 Å². The van der Waals surface area contributed by atoms with Gasteiger partial charge in [-0.15, -0.1) is 11.3 Å². The van der Waals surface area contributed by atoms with E-state index in [1.54, 1.807) is 27.7 Å². The van der Waals surface area contributed by atoms with E-state index in [2.05, 4.69) is 10.3 Å². The van der Waals surface area contributed by atoms with Crippen LogP contribution in [0.2, 0.25) is 0 Å². The Hall–Kier alpha value is -1.43. The third-order valence-corrected chi connectivity index (χ3v) is 2.86. The molecule has 0 bridgehead atoms. The summed E-state index contributed by atoms with van der Waals surface area (Å²) in [5.74, 6) is -0.754. The molecule has 6 heteroatoms. The summed E-state index contributed by atoms with van der Waals surface area (Å²) in [6, 6.07) is -0.681. The number of hydrogen-bond acceptors (Lipinski definition) is 5. The number of rotatable bonds is 3. The molecule has 18 heavy (non-hydrogen) atoms. The molecular formula is C12H18N2O3S. The highest BCUT2D eigenvalue weighted by Gasteiger charge is 2.23. The van der Waals surface area contributed by atoms with E-state index in [1.807, 2.05) is 6.92 Å². The van der Waals surface area contributed by atoms with Gasteiger partial charge in [0.25, 0.3) is 5.91 Å². The second-order valence-electron chi connectivity index (χ2n) is 4.97. The summed E-state index contributed by atoms with van der Waals surface area (Å²) in [7, 11) is 0. The van der Waals surface area contributed by atoms with E-state index < -0.39 is 17.6 Å². The number of esters is 1. The van der Waals surface area contributed by atoms with Crippen molar-refractivity contribution in [3.05, 3.63) is 16.1 Å². The van der Waals surface area contributed by atoms with E-state index in [0.717, 1.165) is 5.01 Å². The van der Waals surface area contributed by atoms with Gasteiger partial charge in [0.05, 0.1) is 11.2 Å². The Labute approximate surface area is 111 Å². The van der Waals surface area contributed by atoms with Crippen LogP contribution >= 0.6 is 11.3 Å². The molecular weight excluding hydrogens is 252 g/mol. The van der Waals surface area contributed by atoms with Crippen LogP contribution in [-0.4, -0.2) is 28.5 Å². The molecule has 1 N–H and O–H groups in total. The SMILES string of the molecule is Cc1ncc(C(=O)N[C@@H](C)C(=O)OC(C)(C)C)s1. The molecule has 1 atom stereocenters. The molecule has 0 spiro atoms. The molecule has 1 rings (SSSR count). The van der Waals surface area contributed by atoms with Crippen molar-refractivity contribution in [2.45, 2.75) is 46.3 Å². The average molecular weight is 270 g/mol. The Balaban J connectivity index is 2.57. The molecule has 0 fully saturated rings. The third kappa shape index (κ3) is 4.44. The Morgan fingerprint density at radius 3 is 2.50 bits per heavy atom. The number of thiazole rings is 1. The average Bonchev–Trinajstić information content (AvgIpc) is 2.62. The molecule has 0 saturated carbocycles. The molecule has 0 aliphatic rings. The van der Waals surface area contributed by atoms with Gasteiger partial charge in [0, 0.05) is 0 Å². The van der Waals surface area contributed by atoms with Crippen LogP contribution in [0, 0.1) is 6.92 Å². The van der Waals surface area contributed by atoms with Gasteiger partial charge in [0.15, 0.2) is 0 Å². The zero-order valence-corrected chi connectivity index (χ0v) is 12.1. The Kier molecular flexibility index (Phi) is 4.45. The van der Waals surface area contributed by atoms with Crippen molar-refractivity contribution in [3.63, 3.8) is 0 Å². The molecule has 0 aliphatic heterocycles. The zero-order valence-electron chi connectivity index (χ0n) is 11.2. The molecule has 0 unspecified atom stereocenters. The highest BCUT2D eigenvalue weighted by molar-refractivity contribution is 7.13.